The molecule has 0 aliphatic heterocycles. The molecule has 0 radical (unpaired) electrons. The maximum Gasteiger partial charge on any atom is 0.306 e. The van der Waals surface area contributed by atoms with E-state index in [1.54, 1.807) is 0 Å². The third-order valence-electron chi connectivity index (χ3n) is 5.30. The first-order valence-corrected chi connectivity index (χ1v) is 8.89. The standard InChI is InChI=1S/C19H32O3/c1-18(2,3)22-17(21)10-7-9-16-12-11-15-8-5-4-6-13-19(15,16)14-20/h9,15,20H,4-8,10-14H2,1-3H3/b16-9+/t15-,19+/m0/s1. The zero-order valence-electron chi connectivity index (χ0n) is 14.5. The van der Waals surface area contributed by atoms with Crippen LogP contribution in [0.4, 0.5) is 0 Å². The van der Waals surface area contributed by atoms with E-state index in [0.29, 0.717) is 12.3 Å². The van der Waals surface area contributed by atoms with Crippen LogP contribution in [0, 0.1) is 11.3 Å². The second-order valence-electron chi connectivity index (χ2n) is 8.00. The van der Waals surface area contributed by atoms with Gasteiger partial charge in [-0.3, -0.25) is 4.79 Å². The molecule has 3 heteroatoms. The Bertz CT molecular complexity index is 419. The summed E-state index contributed by atoms with van der Waals surface area (Å²) in [7, 11) is 0. The van der Waals surface area contributed by atoms with Gasteiger partial charge in [-0.1, -0.05) is 30.9 Å². The Morgan fingerprint density at radius 3 is 2.77 bits per heavy atom. The smallest absolute Gasteiger partial charge is 0.306 e. The van der Waals surface area contributed by atoms with Gasteiger partial charge in [-0.05, 0) is 58.8 Å². The van der Waals surface area contributed by atoms with Gasteiger partial charge in [-0.25, -0.2) is 0 Å². The van der Waals surface area contributed by atoms with Crippen LogP contribution in [0.1, 0.15) is 78.6 Å². The van der Waals surface area contributed by atoms with Crippen LogP contribution >= 0.6 is 0 Å². The molecule has 0 aromatic carbocycles. The van der Waals surface area contributed by atoms with Gasteiger partial charge in [0.25, 0.3) is 0 Å². The molecule has 2 saturated carbocycles. The normalized spacial score (nSPS) is 30.9. The van der Waals surface area contributed by atoms with E-state index in [-0.39, 0.29) is 18.0 Å². The predicted octanol–water partition coefficient (Wildman–Crippen LogP) is 4.39. The first-order valence-electron chi connectivity index (χ1n) is 8.89. The van der Waals surface area contributed by atoms with Gasteiger partial charge in [0.1, 0.15) is 5.60 Å². The zero-order valence-corrected chi connectivity index (χ0v) is 14.5. The van der Waals surface area contributed by atoms with Crippen molar-refractivity contribution in [3.05, 3.63) is 11.6 Å². The summed E-state index contributed by atoms with van der Waals surface area (Å²) in [6.45, 7) is 5.97. The fourth-order valence-corrected chi connectivity index (χ4v) is 4.28. The number of esters is 1. The summed E-state index contributed by atoms with van der Waals surface area (Å²) in [6, 6.07) is 0. The molecular weight excluding hydrogens is 276 g/mol. The van der Waals surface area contributed by atoms with Crippen molar-refractivity contribution in [2.24, 2.45) is 11.3 Å². The minimum absolute atomic E-state index is 0.0183. The zero-order chi connectivity index (χ0) is 16.2. The molecule has 2 aliphatic carbocycles. The molecule has 0 amide bonds. The van der Waals surface area contributed by atoms with E-state index in [4.69, 9.17) is 4.74 Å². The lowest BCUT2D eigenvalue weighted by atomic mass is 9.72. The summed E-state index contributed by atoms with van der Waals surface area (Å²) < 4.78 is 5.36. The molecule has 2 fully saturated rings. The number of aliphatic hydroxyl groups is 1. The second-order valence-corrected chi connectivity index (χ2v) is 8.00. The van der Waals surface area contributed by atoms with E-state index in [0.717, 1.165) is 19.3 Å². The molecule has 1 N–H and O–H groups in total. The minimum Gasteiger partial charge on any atom is -0.460 e. The number of allylic oxidation sites excluding steroid dienone is 1. The Morgan fingerprint density at radius 1 is 1.32 bits per heavy atom. The monoisotopic (exact) mass is 308 g/mol. The topological polar surface area (TPSA) is 46.5 Å². The highest BCUT2D eigenvalue weighted by Crippen LogP contribution is 2.54. The van der Waals surface area contributed by atoms with Crippen LogP contribution in [0.25, 0.3) is 0 Å². The highest BCUT2D eigenvalue weighted by atomic mass is 16.6. The van der Waals surface area contributed by atoms with Crippen molar-refractivity contribution in [2.45, 2.75) is 84.2 Å². The first-order chi connectivity index (χ1) is 10.4. The van der Waals surface area contributed by atoms with E-state index in [2.05, 4.69) is 6.08 Å². The largest absolute Gasteiger partial charge is 0.460 e. The lowest BCUT2D eigenvalue weighted by molar-refractivity contribution is -0.154. The summed E-state index contributed by atoms with van der Waals surface area (Å²) >= 11 is 0. The molecule has 3 nitrogen and oxygen atoms in total. The third kappa shape index (κ3) is 4.13. The summed E-state index contributed by atoms with van der Waals surface area (Å²) in [5, 5.41) is 10.1. The van der Waals surface area contributed by atoms with Crippen LogP contribution in [-0.2, 0) is 9.53 Å². The third-order valence-corrected chi connectivity index (χ3v) is 5.30. The van der Waals surface area contributed by atoms with Crippen molar-refractivity contribution in [1.82, 2.24) is 0 Å². The molecule has 0 heterocycles. The van der Waals surface area contributed by atoms with Gasteiger partial charge in [0.2, 0.25) is 0 Å². The summed E-state index contributed by atoms with van der Waals surface area (Å²) in [6.07, 6.45) is 11.9. The summed E-state index contributed by atoms with van der Waals surface area (Å²) in [4.78, 5) is 11.8. The number of aliphatic hydroxyl groups excluding tert-OH is 1. The van der Waals surface area contributed by atoms with E-state index in [1.807, 2.05) is 20.8 Å². The molecular formula is C19H32O3. The van der Waals surface area contributed by atoms with Crippen molar-refractivity contribution in [2.75, 3.05) is 6.61 Å². The SMILES string of the molecule is CC(C)(C)OC(=O)CC/C=C1\CC[C@@H]2CCCCC[C@]12CO. The first kappa shape index (κ1) is 17.5. The summed E-state index contributed by atoms with van der Waals surface area (Å²) in [5.74, 6) is 0.519. The van der Waals surface area contributed by atoms with E-state index < -0.39 is 5.60 Å². The lowest BCUT2D eigenvalue weighted by Gasteiger charge is -2.34. The van der Waals surface area contributed by atoms with Crippen LogP contribution in [0.5, 0.6) is 0 Å². The number of rotatable bonds is 4. The Kier molecular flexibility index (Phi) is 5.70. The number of carbonyl (C=O) groups is 1. The molecule has 2 rings (SSSR count). The fourth-order valence-electron chi connectivity index (χ4n) is 4.28. The Hall–Kier alpha value is -0.830. The fraction of sp³-hybridized carbons (Fsp3) is 0.842. The van der Waals surface area contributed by atoms with Crippen LogP contribution < -0.4 is 0 Å². The molecule has 0 unspecified atom stereocenters. The van der Waals surface area contributed by atoms with E-state index >= 15 is 0 Å². The predicted molar refractivity (Wildman–Crippen MR) is 88.5 cm³/mol. The number of fused-ring (bicyclic) bond motifs is 1. The van der Waals surface area contributed by atoms with Crippen molar-refractivity contribution < 1.29 is 14.6 Å². The molecule has 126 valence electrons. The lowest BCUT2D eigenvalue weighted by Crippen LogP contribution is -2.30. The minimum atomic E-state index is -0.406. The van der Waals surface area contributed by atoms with Gasteiger partial charge >= 0.3 is 5.97 Å². The molecule has 0 aromatic heterocycles. The Labute approximate surface area is 135 Å². The molecule has 0 saturated heterocycles. The van der Waals surface area contributed by atoms with Crippen molar-refractivity contribution >= 4 is 5.97 Å². The van der Waals surface area contributed by atoms with E-state index in [9.17, 15) is 9.90 Å². The highest BCUT2D eigenvalue weighted by Gasteiger charge is 2.45. The molecule has 2 aliphatic rings. The molecule has 2 atom stereocenters. The van der Waals surface area contributed by atoms with Gasteiger partial charge in [0.05, 0.1) is 6.61 Å². The van der Waals surface area contributed by atoms with Gasteiger partial charge in [0, 0.05) is 11.8 Å². The van der Waals surface area contributed by atoms with Crippen molar-refractivity contribution in [1.29, 1.82) is 0 Å². The molecule has 22 heavy (non-hydrogen) atoms. The second kappa shape index (κ2) is 7.16. The molecule has 0 aromatic rings. The number of ether oxygens (including phenoxy) is 1. The Balaban J connectivity index is 1.97. The van der Waals surface area contributed by atoms with Gasteiger partial charge < -0.3 is 9.84 Å². The van der Waals surface area contributed by atoms with Gasteiger partial charge in [-0.2, -0.15) is 0 Å². The highest BCUT2D eigenvalue weighted by molar-refractivity contribution is 5.70. The van der Waals surface area contributed by atoms with Crippen LogP contribution in [-0.4, -0.2) is 23.3 Å². The van der Waals surface area contributed by atoms with E-state index in [1.165, 1.54) is 37.7 Å². The molecule has 0 spiro atoms. The van der Waals surface area contributed by atoms with Crippen LogP contribution in [0.3, 0.4) is 0 Å². The average molecular weight is 308 g/mol. The van der Waals surface area contributed by atoms with Gasteiger partial charge in [0.15, 0.2) is 0 Å². The maximum atomic E-state index is 11.8. The summed E-state index contributed by atoms with van der Waals surface area (Å²) in [5.41, 5.74) is 1.02. The average Bonchev–Trinajstić information content (AvgIpc) is 2.63. The Morgan fingerprint density at radius 2 is 2.09 bits per heavy atom. The number of carbonyl (C=O) groups excluding carboxylic acids is 1. The maximum absolute atomic E-state index is 11.8. The van der Waals surface area contributed by atoms with Crippen LogP contribution in [0.15, 0.2) is 11.6 Å². The van der Waals surface area contributed by atoms with Crippen LogP contribution in [0.2, 0.25) is 0 Å². The number of hydrogen-bond acceptors (Lipinski definition) is 3. The number of hydrogen-bond donors (Lipinski definition) is 1. The van der Waals surface area contributed by atoms with Crippen molar-refractivity contribution in [3.63, 3.8) is 0 Å². The van der Waals surface area contributed by atoms with Crippen molar-refractivity contribution in [3.8, 4) is 0 Å². The molecule has 0 bridgehead atoms. The van der Waals surface area contributed by atoms with Gasteiger partial charge in [-0.15, -0.1) is 0 Å². The quantitative estimate of drug-likeness (QED) is 0.619.